The molecule has 18 heavy (non-hydrogen) atoms. The van der Waals surface area contributed by atoms with Crippen LogP contribution in [0, 0.1) is 6.92 Å². The van der Waals surface area contributed by atoms with E-state index in [4.69, 9.17) is 16.3 Å². The summed E-state index contributed by atoms with van der Waals surface area (Å²) in [5, 5.41) is 4.87. The van der Waals surface area contributed by atoms with Crippen LogP contribution >= 0.6 is 11.6 Å². The van der Waals surface area contributed by atoms with Crippen LogP contribution in [0.2, 0.25) is 5.02 Å². The molecule has 102 valence electrons. The Morgan fingerprint density at radius 3 is 2.56 bits per heavy atom. The number of carbonyl (C=O) groups is 1. The van der Waals surface area contributed by atoms with E-state index >= 15 is 0 Å². The third-order valence-corrected chi connectivity index (χ3v) is 2.98. The van der Waals surface area contributed by atoms with Crippen molar-refractivity contribution in [3.63, 3.8) is 0 Å². The van der Waals surface area contributed by atoms with E-state index in [1.807, 2.05) is 34.6 Å². The first-order chi connectivity index (χ1) is 8.24. The van der Waals surface area contributed by atoms with Crippen molar-refractivity contribution in [2.24, 2.45) is 0 Å². The van der Waals surface area contributed by atoms with Gasteiger partial charge in [0.1, 0.15) is 6.61 Å². The van der Waals surface area contributed by atoms with E-state index in [9.17, 15) is 4.79 Å². The van der Waals surface area contributed by atoms with Crippen LogP contribution in [0.1, 0.15) is 39.1 Å². The average Bonchev–Trinajstić information content (AvgIpc) is 2.53. The molecule has 0 aliphatic rings. The van der Waals surface area contributed by atoms with E-state index in [0.717, 1.165) is 11.4 Å². The van der Waals surface area contributed by atoms with Crippen molar-refractivity contribution in [1.82, 2.24) is 9.78 Å². The Bertz CT molecular complexity index is 433. The molecule has 1 aromatic heterocycles. The van der Waals surface area contributed by atoms with Gasteiger partial charge in [0.05, 0.1) is 28.4 Å². The highest BCUT2D eigenvalue weighted by Crippen LogP contribution is 2.21. The number of carbonyl (C=O) groups excluding carboxylic acids is 1. The number of ether oxygens (including phenoxy) is 1. The predicted octanol–water partition coefficient (Wildman–Crippen LogP) is 2.79. The molecule has 0 fully saturated rings. The van der Waals surface area contributed by atoms with Gasteiger partial charge in [-0.1, -0.05) is 11.6 Å². The first-order valence-corrected chi connectivity index (χ1v) is 6.50. The molecule has 0 aliphatic carbocycles. The molecule has 4 nitrogen and oxygen atoms in total. The van der Waals surface area contributed by atoms with Crippen molar-refractivity contribution in [2.45, 2.75) is 53.2 Å². The Morgan fingerprint density at radius 2 is 2.06 bits per heavy atom. The average molecular weight is 273 g/mol. The summed E-state index contributed by atoms with van der Waals surface area (Å²) < 4.78 is 7.23. The fraction of sp³-hybridized carbons (Fsp3) is 0.692. The maximum atomic E-state index is 11.9. The smallest absolute Gasteiger partial charge is 0.164 e. The van der Waals surface area contributed by atoms with Gasteiger partial charge in [-0.2, -0.15) is 5.10 Å². The molecule has 0 unspecified atom stereocenters. The Kier molecular flexibility index (Phi) is 4.93. The lowest BCUT2D eigenvalue weighted by atomic mass is 10.2. The van der Waals surface area contributed by atoms with E-state index in [1.54, 1.807) is 4.68 Å². The number of halogens is 1. The van der Waals surface area contributed by atoms with Crippen LogP contribution in [0.4, 0.5) is 0 Å². The minimum absolute atomic E-state index is 0.0152. The second kappa shape index (κ2) is 5.85. The van der Waals surface area contributed by atoms with Crippen LogP contribution in [0.25, 0.3) is 0 Å². The Morgan fingerprint density at radius 1 is 1.44 bits per heavy atom. The van der Waals surface area contributed by atoms with Crippen molar-refractivity contribution in [3.05, 3.63) is 16.4 Å². The van der Waals surface area contributed by atoms with E-state index in [2.05, 4.69) is 5.10 Å². The lowest BCUT2D eigenvalue weighted by Gasteiger charge is -2.18. The maximum Gasteiger partial charge on any atom is 0.164 e. The van der Waals surface area contributed by atoms with Crippen LogP contribution in [0.15, 0.2) is 0 Å². The van der Waals surface area contributed by atoms with E-state index in [1.165, 1.54) is 0 Å². The molecule has 5 heteroatoms. The number of hydrogen-bond acceptors (Lipinski definition) is 3. The van der Waals surface area contributed by atoms with Gasteiger partial charge in [0.2, 0.25) is 0 Å². The van der Waals surface area contributed by atoms with Gasteiger partial charge in [0.15, 0.2) is 5.78 Å². The molecule has 0 saturated carbocycles. The minimum atomic E-state index is -0.305. The lowest BCUT2D eigenvalue weighted by molar-refractivity contribution is -0.127. The van der Waals surface area contributed by atoms with Gasteiger partial charge in [-0.15, -0.1) is 0 Å². The molecule has 0 spiro atoms. The van der Waals surface area contributed by atoms with Gasteiger partial charge in [-0.05, 0) is 34.6 Å². The molecule has 0 aromatic carbocycles. The summed E-state index contributed by atoms with van der Waals surface area (Å²) in [6, 6.07) is 0. The Balaban J connectivity index is 2.70. The Labute approximate surface area is 113 Å². The number of hydrogen-bond donors (Lipinski definition) is 0. The molecule has 0 bridgehead atoms. The lowest BCUT2D eigenvalue weighted by Crippen LogP contribution is -2.25. The number of ketones is 1. The van der Waals surface area contributed by atoms with Gasteiger partial charge in [0.25, 0.3) is 0 Å². The predicted molar refractivity (Wildman–Crippen MR) is 72.1 cm³/mol. The number of aromatic nitrogens is 2. The topological polar surface area (TPSA) is 44.1 Å². The summed E-state index contributed by atoms with van der Waals surface area (Å²) in [6.07, 6.45) is 0.267. The van der Waals surface area contributed by atoms with E-state index in [0.29, 0.717) is 11.6 Å². The molecular formula is C13H21ClN2O2. The fourth-order valence-corrected chi connectivity index (χ4v) is 1.77. The zero-order valence-corrected chi connectivity index (χ0v) is 12.5. The van der Waals surface area contributed by atoms with Gasteiger partial charge in [0, 0.05) is 6.54 Å². The molecule has 1 rings (SSSR count). The summed E-state index contributed by atoms with van der Waals surface area (Å²) in [7, 11) is 0. The SMILES string of the molecule is CCn1nc(C)c(Cl)c1CC(=O)COC(C)(C)C. The standard InChI is InChI=1S/C13H21ClN2O2/c1-6-16-11(12(14)9(2)15-16)7-10(17)8-18-13(3,4)5/h6-8H2,1-5H3. The van der Waals surface area contributed by atoms with E-state index in [-0.39, 0.29) is 24.4 Å². The molecule has 0 N–H and O–H groups in total. The molecule has 1 aromatic rings. The van der Waals surface area contributed by atoms with Crippen LogP contribution in [0.5, 0.6) is 0 Å². The van der Waals surface area contributed by atoms with E-state index < -0.39 is 0 Å². The summed E-state index contributed by atoms with van der Waals surface area (Å²) in [5.74, 6) is 0.0152. The molecule has 1 heterocycles. The van der Waals surface area contributed by atoms with Gasteiger partial charge in [-0.3, -0.25) is 9.48 Å². The molecule has 0 radical (unpaired) electrons. The van der Waals surface area contributed by atoms with Crippen molar-refractivity contribution in [3.8, 4) is 0 Å². The second-order valence-corrected chi connectivity index (χ2v) is 5.66. The van der Waals surface area contributed by atoms with Crippen LogP contribution in [-0.4, -0.2) is 27.8 Å². The van der Waals surface area contributed by atoms with Gasteiger partial charge < -0.3 is 4.74 Å². The van der Waals surface area contributed by atoms with Crippen LogP contribution < -0.4 is 0 Å². The highest BCUT2D eigenvalue weighted by molar-refractivity contribution is 6.32. The number of nitrogens with zero attached hydrogens (tertiary/aromatic N) is 2. The summed E-state index contributed by atoms with van der Waals surface area (Å²) in [6.45, 7) is 10.4. The van der Waals surface area contributed by atoms with Crippen LogP contribution in [0.3, 0.4) is 0 Å². The molecule has 0 amide bonds. The highest BCUT2D eigenvalue weighted by Gasteiger charge is 2.18. The third kappa shape index (κ3) is 4.10. The number of Topliss-reactive ketones (excluding diaryl/α,β-unsaturated/α-hetero) is 1. The van der Waals surface area contributed by atoms with Crippen molar-refractivity contribution in [1.29, 1.82) is 0 Å². The summed E-state index contributed by atoms with van der Waals surface area (Å²) >= 11 is 6.15. The number of rotatable bonds is 5. The molecular weight excluding hydrogens is 252 g/mol. The zero-order valence-electron chi connectivity index (χ0n) is 11.7. The fourth-order valence-electron chi connectivity index (χ4n) is 1.57. The molecule has 0 saturated heterocycles. The second-order valence-electron chi connectivity index (χ2n) is 5.28. The largest absolute Gasteiger partial charge is 0.368 e. The van der Waals surface area contributed by atoms with Crippen molar-refractivity contribution < 1.29 is 9.53 Å². The Hall–Kier alpha value is -0.870. The molecule has 0 aliphatic heterocycles. The minimum Gasteiger partial charge on any atom is -0.368 e. The summed E-state index contributed by atoms with van der Waals surface area (Å²) in [4.78, 5) is 11.9. The van der Waals surface area contributed by atoms with Crippen molar-refractivity contribution >= 4 is 17.4 Å². The van der Waals surface area contributed by atoms with Crippen molar-refractivity contribution in [2.75, 3.05) is 6.61 Å². The first-order valence-electron chi connectivity index (χ1n) is 6.12. The molecule has 0 atom stereocenters. The zero-order chi connectivity index (χ0) is 13.9. The van der Waals surface area contributed by atoms with Crippen LogP contribution in [-0.2, 0) is 22.5 Å². The number of aryl methyl sites for hydroxylation is 2. The summed E-state index contributed by atoms with van der Waals surface area (Å²) in [5.41, 5.74) is 1.23. The maximum absolute atomic E-state index is 11.9. The quantitative estimate of drug-likeness (QED) is 0.828. The monoisotopic (exact) mass is 272 g/mol. The van der Waals surface area contributed by atoms with Gasteiger partial charge >= 0.3 is 0 Å². The first kappa shape index (κ1) is 15.2. The normalized spacial score (nSPS) is 11.9. The third-order valence-electron chi connectivity index (χ3n) is 2.48. The highest BCUT2D eigenvalue weighted by atomic mass is 35.5. The van der Waals surface area contributed by atoms with Gasteiger partial charge in [-0.25, -0.2) is 0 Å².